The summed E-state index contributed by atoms with van der Waals surface area (Å²) in [7, 11) is 0. The number of carbonyl (C=O) groups excluding carboxylic acids is 2. The third kappa shape index (κ3) is 3.80. The molecule has 3 aromatic carbocycles. The Morgan fingerprint density at radius 3 is 2.16 bits per heavy atom. The molecule has 156 valence electrons. The first-order valence-electron chi connectivity index (χ1n) is 9.13. The van der Waals surface area contributed by atoms with E-state index in [9.17, 15) is 18.4 Å². The van der Waals surface area contributed by atoms with E-state index in [2.05, 4.69) is 5.32 Å². The average molecular weight is 459 g/mol. The molecule has 0 spiro atoms. The fraction of sp³-hybridized carbons (Fsp3) is 0.0435. The van der Waals surface area contributed by atoms with Crippen LogP contribution in [0.15, 0.2) is 60.8 Å². The number of nitrogens with one attached hydrogen (secondary N) is 1. The van der Waals surface area contributed by atoms with Crippen LogP contribution in [0.3, 0.4) is 0 Å². The average Bonchev–Trinajstić information content (AvgIpc) is 3.04. The van der Waals surface area contributed by atoms with Crippen molar-refractivity contribution < 1.29 is 18.4 Å². The highest BCUT2D eigenvalue weighted by Gasteiger charge is 2.21. The minimum absolute atomic E-state index is 0.176. The number of halogens is 4. The predicted octanol–water partition coefficient (Wildman–Crippen LogP) is 6.48. The second-order valence-corrected chi connectivity index (χ2v) is 7.68. The second-order valence-electron chi connectivity index (χ2n) is 6.87. The maximum absolute atomic E-state index is 13.9. The normalized spacial score (nSPS) is 11.0. The molecule has 4 nitrogen and oxygen atoms in total. The summed E-state index contributed by atoms with van der Waals surface area (Å²) in [6, 6.07) is 12.8. The molecule has 0 fully saturated rings. The topological polar surface area (TPSA) is 51.1 Å². The highest BCUT2D eigenvalue weighted by Crippen LogP contribution is 2.30. The van der Waals surface area contributed by atoms with Crippen molar-refractivity contribution >= 4 is 51.6 Å². The zero-order chi connectivity index (χ0) is 22.3. The molecule has 31 heavy (non-hydrogen) atoms. The van der Waals surface area contributed by atoms with Gasteiger partial charge in [-0.05, 0) is 55.0 Å². The molecule has 1 N–H and O–H groups in total. The van der Waals surface area contributed by atoms with Crippen LogP contribution in [0, 0.1) is 18.6 Å². The summed E-state index contributed by atoms with van der Waals surface area (Å²) in [5.74, 6) is -3.23. The lowest BCUT2D eigenvalue weighted by atomic mass is 10.1. The first-order valence-corrected chi connectivity index (χ1v) is 9.89. The van der Waals surface area contributed by atoms with Gasteiger partial charge in [0.05, 0.1) is 21.1 Å². The Kier molecular flexibility index (Phi) is 5.52. The van der Waals surface area contributed by atoms with E-state index < -0.39 is 29.0 Å². The van der Waals surface area contributed by atoms with E-state index in [1.54, 1.807) is 43.5 Å². The molecule has 8 heteroatoms. The van der Waals surface area contributed by atoms with Gasteiger partial charge in [0.1, 0.15) is 17.2 Å². The molecule has 0 aliphatic rings. The van der Waals surface area contributed by atoms with Crippen molar-refractivity contribution in [3.05, 3.63) is 99.2 Å². The van der Waals surface area contributed by atoms with Crippen LogP contribution < -0.4 is 5.32 Å². The maximum Gasteiger partial charge on any atom is 0.265 e. The Bertz CT molecular complexity index is 1320. The Morgan fingerprint density at radius 1 is 0.903 bits per heavy atom. The van der Waals surface area contributed by atoms with Gasteiger partial charge in [-0.25, -0.2) is 8.78 Å². The van der Waals surface area contributed by atoms with Crippen molar-refractivity contribution in [3.63, 3.8) is 0 Å². The Balaban J connectivity index is 1.71. The lowest BCUT2D eigenvalue weighted by Gasteiger charge is -2.10. The van der Waals surface area contributed by atoms with Crippen LogP contribution in [-0.2, 0) is 0 Å². The standard InChI is InChI=1S/C23H14Cl2F2N2O2/c1-12-11-29(23(31)20-15(24)4-2-5-16(20)25)19-9-8-13(10-14(12)19)28-22(30)21-17(26)6-3-7-18(21)27/h2-11H,1H3,(H,28,30). The van der Waals surface area contributed by atoms with E-state index in [1.807, 2.05) is 0 Å². The number of aromatic nitrogens is 1. The van der Waals surface area contributed by atoms with Gasteiger partial charge in [0.2, 0.25) is 0 Å². The van der Waals surface area contributed by atoms with Crippen LogP contribution in [0.4, 0.5) is 14.5 Å². The second kappa shape index (κ2) is 8.13. The molecule has 0 aliphatic heterocycles. The van der Waals surface area contributed by atoms with Crippen LogP contribution in [0.1, 0.15) is 26.3 Å². The highest BCUT2D eigenvalue weighted by molar-refractivity contribution is 6.40. The van der Waals surface area contributed by atoms with E-state index in [0.717, 1.165) is 17.7 Å². The van der Waals surface area contributed by atoms with E-state index >= 15 is 0 Å². The summed E-state index contributed by atoms with van der Waals surface area (Å²) >= 11 is 12.3. The number of aryl methyl sites for hydroxylation is 1. The van der Waals surface area contributed by atoms with Crippen LogP contribution >= 0.6 is 23.2 Å². The van der Waals surface area contributed by atoms with Gasteiger partial charge >= 0.3 is 0 Å². The van der Waals surface area contributed by atoms with Crippen LogP contribution in [-0.4, -0.2) is 16.4 Å². The van der Waals surface area contributed by atoms with Crippen molar-refractivity contribution in [2.75, 3.05) is 5.32 Å². The van der Waals surface area contributed by atoms with E-state index in [0.29, 0.717) is 16.6 Å². The number of benzene rings is 3. The molecule has 1 heterocycles. The van der Waals surface area contributed by atoms with Crippen molar-refractivity contribution in [1.82, 2.24) is 4.57 Å². The SMILES string of the molecule is Cc1cn(C(=O)c2c(Cl)cccc2Cl)c2ccc(NC(=O)c3c(F)cccc3F)cc12. The molecule has 0 atom stereocenters. The molecule has 0 saturated heterocycles. The zero-order valence-corrected chi connectivity index (χ0v) is 17.6. The molecule has 0 aliphatic carbocycles. The molecule has 0 bridgehead atoms. The molecule has 1 amide bonds. The number of anilines is 1. The summed E-state index contributed by atoms with van der Waals surface area (Å²) in [5, 5.41) is 3.62. The van der Waals surface area contributed by atoms with E-state index in [1.165, 1.54) is 16.7 Å². The first-order chi connectivity index (χ1) is 14.8. The van der Waals surface area contributed by atoms with Gasteiger partial charge in [0.15, 0.2) is 0 Å². The van der Waals surface area contributed by atoms with Gasteiger partial charge < -0.3 is 5.32 Å². The number of nitrogens with zero attached hydrogens (tertiary/aromatic N) is 1. The van der Waals surface area contributed by atoms with Gasteiger partial charge in [-0.3, -0.25) is 14.2 Å². The van der Waals surface area contributed by atoms with Crippen molar-refractivity contribution in [2.24, 2.45) is 0 Å². The van der Waals surface area contributed by atoms with Crippen molar-refractivity contribution in [2.45, 2.75) is 6.92 Å². The molecule has 0 radical (unpaired) electrons. The largest absolute Gasteiger partial charge is 0.322 e. The molecule has 4 rings (SSSR count). The molecular formula is C23H14Cl2F2N2O2. The lowest BCUT2D eigenvalue weighted by molar-refractivity contribution is 0.0963. The van der Waals surface area contributed by atoms with E-state index in [4.69, 9.17) is 23.2 Å². The highest BCUT2D eigenvalue weighted by atomic mass is 35.5. The number of fused-ring (bicyclic) bond motifs is 1. The number of hydrogen-bond acceptors (Lipinski definition) is 2. The summed E-state index contributed by atoms with van der Waals surface area (Å²) in [6.07, 6.45) is 1.63. The quantitative estimate of drug-likeness (QED) is 0.382. The van der Waals surface area contributed by atoms with Gasteiger partial charge in [-0.1, -0.05) is 35.3 Å². The number of rotatable bonds is 3. The maximum atomic E-state index is 13.9. The Labute approximate surface area is 186 Å². The summed E-state index contributed by atoms with van der Waals surface area (Å²) in [6.45, 7) is 1.79. The van der Waals surface area contributed by atoms with Gasteiger partial charge in [-0.15, -0.1) is 0 Å². The van der Waals surface area contributed by atoms with Crippen LogP contribution in [0.25, 0.3) is 10.9 Å². The Hall–Kier alpha value is -3.22. The summed E-state index contributed by atoms with van der Waals surface area (Å²) in [5.41, 5.74) is 1.15. The molecule has 1 aromatic heterocycles. The smallest absolute Gasteiger partial charge is 0.265 e. The number of carbonyl (C=O) groups is 2. The van der Waals surface area contributed by atoms with Crippen molar-refractivity contribution in [3.8, 4) is 0 Å². The number of amides is 1. The van der Waals surface area contributed by atoms with Crippen molar-refractivity contribution in [1.29, 1.82) is 0 Å². The third-order valence-electron chi connectivity index (χ3n) is 4.85. The Morgan fingerprint density at radius 2 is 1.52 bits per heavy atom. The van der Waals surface area contributed by atoms with Gasteiger partial charge in [0.25, 0.3) is 11.8 Å². The van der Waals surface area contributed by atoms with Gasteiger partial charge in [-0.2, -0.15) is 0 Å². The lowest BCUT2D eigenvalue weighted by Crippen LogP contribution is -2.16. The summed E-state index contributed by atoms with van der Waals surface area (Å²) < 4.78 is 29.2. The predicted molar refractivity (Wildman–Crippen MR) is 117 cm³/mol. The minimum atomic E-state index is -0.955. The fourth-order valence-electron chi connectivity index (χ4n) is 3.37. The fourth-order valence-corrected chi connectivity index (χ4v) is 3.93. The minimum Gasteiger partial charge on any atom is -0.322 e. The first kappa shape index (κ1) is 21.0. The van der Waals surface area contributed by atoms with E-state index in [-0.39, 0.29) is 15.6 Å². The summed E-state index contributed by atoms with van der Waals surface area (Å²) in [4.78, 5) is 25.4. The van der Waals surface area contributed by atoms with Crippen LogP contribution in [0.5, 0.6) is 0 Å². The molecular weight excluding hydrogens is 445 g/mol. The zero-order valence-electron chi connectivity index (χ0n) is 16.0. The van der Waals surface area contributed by atoms with Gasteiger partial charge in [0, 0.05) is 17.3 Å². The molecule has 0 saturated carbocycles. The molecule has 0 unspecified atom stereocenters. The number of hydrogen-bond donors (Lipinski definition) is 1. The monoisotopic (exact) mass is 458 g/mol. The third-order valence-corrected chi connectivity index (χ3v) is 5.48. The molecule has 4 aromatic rings. The van der Waals surface area contributed by atoms with Crippen LogP contribution in [0.2, 0.25) is 10.0 Å².